The molecule has 0 bridgehead atoms. The van der Waals surface area contributed by atoms with Crippen molar-refractivity contribution in [3.63, 3.8) is 0 Å². The molecule has 2 atom stereocenters. The van der Waals surface area contributed by atoms with Crippen molar-refractivity contribution in [3.05, 3.63) is 0 Å². The Labute approximate surface area is 122 Å². The predicted octanol–water partition coefficient (Wildman–Crippen LogP) is -0.650. The lowest BCUT2D eigenvalue weighted by atomic mass is 10.1. The number of nitrogens with one attached hydrogen (secondary N) is 1. The van der Waals surface area contributed by atoms with Crippen molar-refractivity contribution >= 4 is 5.91 Å². The third-order valence-corrected chi connectivity index (χ3v) is 3.63. The zero-order valence-corrected chi connectivity index (χ0v) is 13.1. The minimum Gasteiger partial charge on any atom is -0.383 e. The molecule has 6 nitrogen and oxygen atoms in total. The Balaban J connectivity index is 2.20. The topological polar surface area (TPSA) is 70.8 Å². The van der Waals surface area contributed by atoms with E-state index < -0.39 is 0 Å². The van der Waals surface area contributed by atoms with Gasteiger partial charge in [-0.3, -0.25) is 9.69 Å². The lowest BCUT2D eigenvalue weighted by Crippen LogP contribution is -2.51. The standard InChI is InChI=1S/C14H30N4O2/c1-12(8-15)9-17-4-6-18(7-5-17)10-14(19)16-13(2)11-20-3/h12-13H,4-11,15H2,1-3H3,(H,16,19). The molecule has 6 heteroatoms. The number of amides is 1. The van der Waals surface area contributed by atoms with E-state index in [1.807, 2.05) is 6.92 Å². The van der Waals surface area contributed by atoms with Gasteiger partial charge >= 0.3 is 0 Å². The number of methoxy groups -OCH3 is 1. The fourth-order valence-corrected chi connectivity index (χ4v) is 2.46. The number of hydrogen-bond donors (Lipinski definition) is 2. The van der Waals surface area contributed by atoms with Crippen molar-refractivity contribution in [1.82, 2.24) is 15.1 Å². The lowest BCUT2D eigenvalue weighted by molar-refractivity contribution is -0.123. The number of piperazine rings is 1. The quantitative estimate of drug-likeness (QED) is 0.620. The molecule has 1 amide bonds. The highest BCUT2D eigenvalue weighted by molar-refractivity contribution is 5.78. The Morgan fingerprint density at radius 2 is 1.85 bits per heavy atom. The molecule has 0 aromatic carbocycles. The summed E-state index contributed by atoms with van der Waals surface area (Å²) in [7, 11) is 1.64. The number of ether oxygens (including phenoxy) is 1. The Morgan fingerprint density at radius 1 is 1.25 bits per heavy atom. The van der Waals surface area contributed by atoms with Crippen LogP contribution >= 0.6 is 0 Å². The van der Waals surface area contributed by atoms with E-state index in [0.29, 0.717) is 19.1 Å². The molecule has 2 unspecified atom stereocenters. The fourth-order valence-electron chi connectivity index (χ4n) is 2.46. The highest BCUT2D eigenvalue weighted by Gasteiger charge is 2.20. The van der Waals surface area contributed by atoms with Gasteiger partial charge in [0, 0.05) is 45.9 Å². The molecule has 0 saturated carbocycles. The van der Waals surface area contributed by atoms with Crippen LogP contribution in [0.4, 0.5) is 0 Å². The van der Waals surface area contributed by atoms with Crippen LogP contribution in [0, 0.1) is 5.92 Å². The van der Waals surface area contributed by atoms with Crippen LogP contribution in [0.1, 0.15) is 13.8 Å². The number of rotatable bonds is 8. The van der Waals surface area contributed by atoms with E-state index >= 15 is 0 Å². The number of carbonyl (C=O) groups excluding carboxylic acids is 1. The van der Waals surface area contributed by atoms with Crippen molar-refractivity contribution in [3.8, 4) is 0 Å². The Hall–Kier alpha value is -0.690. The van der Waals surface area contributed by atoms with Crippen molar-refractivity contribution in [1.29, 1.82) is 0 Å². The molecular formula is C14H30N4O2. The third-order valence-electron chi connectivity index (χ3n) is 3.63. The van der Waals surface area contributed by atoms with Crippen molar-refractivity contribution < 1.29 is 9.53 Å². The fraction of sp³-hybridized carbons (Fsp3) is 0.929. The smallest absolute Gasteiger partial charge is 0.234 e. The minimum absolute atomic E-state index is 0.0687. The van der Waals surface area contributed by atoms with Crippen molar-refractivity contribution in [2.24, 2.45) is 11.7 Å². The SMILES string of the molecule is COCC(C)NC(=O)CN1CCN(CC(C)CN)CC1. The molecule has 3 N–H and O–H groups in total. The molecule has 1 saturated heterocycles. The highest BCUT2D eigenvalue weighted by Crippen LogP contribution is 2.04. The second-order valence-corrected chi connectivity index (χ2v) is 5.84. The molecule has 1 fully saturated rings. The van der Waals surface area contributed by atoms with Gasteiger partial charge in [0.15, 0.2) is 0 Å². The monoisotopic (exact) mass is 286 g/mol. The maximum absolute atomic E-state index is 11.9. The first-order valence-corrected chi connectivity index (χ1v) is 7.48. The van der Waals surface area contributed by atoms with Crippen LogP contribution in [0.25, 0.3) is 0 Å². The molecular weight excluding hydrogens is 256 g/mol. The second-order valence-electron chi connectivity index (χ2n) is 5.84. The zero-order chi connectivity index (χ0) is 15.0. The van der Waals surface area contributed by atoms with Crippen molar-refractivity contribution in [2.45, 2.75) is 19.9 Å². The van der Waals surface area contributed by atoms with Gasteiger partial charge in [-0.2, -0.15) is 0 Å². The van der Waals surface area contributed by atoms with E-state index in [4.69, 9.17) is 10.5 Å². The van der Waals surface area contributed by atoms with Crippen LogP contribution in [0.2, 0.25) is 0 Å². The summed E-state index contributed by atoms with van der Waals surface area (Å²) in [4.78, 5) is 16.5. The summed E-state index contributed by atoms with van der Waals surface area (Å²) < 4.78 is 5.01. The average Bonchev–Trinajstić information content (AvgIpc) is 2.41. The molecule has 1 aliphatic rings. The van der Waals surface area contributed by atoms with Crippen LogP contribution in [0.3, 0.4) is 0 Å². The summed E-state index contributed by atoms with van der Waals surface area (Å²) in [5.41, 5.74) is 5.65. The molecule has 1 rings (SSSR count). The highest BCUT2D eigenvalue weighted by atomic mass is 16.5. The number of nitrogens with zero attached hydrogens (tertiary/aromatic N) is 2. The van der Waals surface area contributed by atoms with Gasteiger partial charge in [-0.25, -0.2) is 0 Å². The van der Waals surface area contributed by atoms with Gasteiger partial charge in [0.05, 0.1) is 13.2 Å². The van der Waals surface area contributed by atoms with Crippen LogP contribution in [-0.4, -0.2) is 81.3 Å². The van der Waals surface area contributed by atoms with Crippen molar-refractivity contribution in [2.75, 3.05) is 59.5 Å². The van der Waals surface area contributed by atoms with Gasteiger partial charge in [-0.05, 0) is 19.4 Å². The summed E-state index contributed by atoms with van der Waals surface area (Å²) in [6.45, 7) is 10.9. The van der Waals surface area contributed by atoms with E-state index in [0.717, 1.165) is 39.3 Å². The first kappa shape index (κ1) is 17.4. The Kier molecular flexibility index (Phi) is 8.06. The molecule has 0 aromatic heterocycles. The van der Waals surface area contributed by atoms with E-state index in [1.54, 1.807) is 7.11 Å². The van der Waals surface area contributed by atoms with Crippen LogP contribution < -0.4 is 11.1 Å². The summed E-state index contributed by atoms with van der Waals surface area (Å²) in [5.74, 6) is 0.623. The summed E-state index contributed by atoms with van der Waals surface area (Å²) in [5, 5.41) is 2.94. The largest absolute Gasteiger partial charge is 0.383 e. The number of nitrogens with two attached hydrogens (primary N) is 1. The van der Waals surface area contributed by atoms with E-state index in [2.05, 4.69) is 22.0 Å². The van der Waals surface area contributed by atoms with Gasteiger partial charge in [0.1, 0.15) is 0 Å². The van der Waals surface area contributed by atoms with Gasteiger partial charge in [0.25, 0.3) is 0 Å². The van der Waals surface area contributed by atoms with Gasteiger partial charge in [0.2, 0.25) is 5.91 Å². The van der Waals surface area contributed by atoms with Crippen LogP contribution in [0.15, 0.2) is 0 Å². The van der Waals surface area contributed by atoms with Gasteiger partial charge in [-0.1, -0.05) is 6.92 Å². The molecule has 0 aliphatic carbocycles. The summed E-state index contributed by atoms with van der Waals surface area (Å²) >= 11 is 0. The molecule has 0 spiro atoms. The van der Waals surface area contributed by atoms with E-state index in [9.17, 15) is 4.79 Å². The Bertz CT molecular complexity index is 280. The van der Waals surface area contributed by atoms with E-state index in [-0.39, 0.29) is 11.9 Å². The summed E-state index contributed by atoms with van der Waals surface area (Å²) in [6.07, 6.45) is 0. The average molecular weight is 286 g/mol. The maximum Gasteiger partial charge on any atom is 0.234 e. The zero-order valence-electron chi connectivity index (χ0n) is 13.1. The van der Waals surface area contributed by atoms with Crippen LogP contribution in [-0.2, 0) is 9.53 Å². The Morgan fingerprint density at radius 3 is 2.40 bits per heavy atom. The maximum atomic E-state index is 11.9. The molecule has 20 heavy (non-hydrogen) atoms. The molecule has 118 valence electrons. The minimum atomic E-state index is 0.0687. The van der Waals surface area contributed by atoms with Gasteiger partial charge in [-0.15, -0.1) is 0 Å². The van der Waals surface area contributed by atoms with Crippen LogP contribution in [0.5, 0.6) is 0 Å². The molecule has 1 aliphatic heterocycles. The first-order chi connectivity index (χ1) is 9.55. The predicted molar refractivity (Wildman–Crippen MR) is 80.6 cm³/mol. The third kappa shape index (κ3) is 6.65. The first-order valence-electron chi connectivity index (χ1n) is 7.48. The summed E-state index contributed by atoms with van der Waals surface area (Å²) in [6, 6.07) is 0.0687. The molecule has 0 radical (unpaired) electrons. The number of carbonyl (C=O) groups is 1. The van der Waals surface area contributed by atoms with Gasteiger partial charge < -0.3 is 20.7 Å². The normalized spacial score (nSPS) is 20.6. The van der Waals surface area contributed by atoms with E-state index in [1.165, 1.54) is 0 Å². The number of hydrogen-bond acceptors (Lipinski definition) is 5. The molecule has 0 aromatic rings. The molecule has 1 heterocycles. The lowest BCUT2D eigenvalue weighted by Gasteiger charge is -2.35. The second kappa shape index (κ2) is 9.28.